The largest absolute Gasteiger partial charge is 0.392 e. The van der Waals surface area contributed by atoms with Gasteiger partial charge in [0.15, 0.2) is 5.79 Å². The number of nitrogens with zero attached hydrogens (tertiary/aromatic N) is 4. The van der Waals surface area contributed by atoms with Gasteiger partial charge in [-0.05, 0) is 118 Å². The van der Waals surface area contributed by atoms with E-state index in [4.69, 9.17) is 28.5 Å². The Balaban J connectivity index is 1.02. The molecule has 62 heavy (non-hydrogen) atoms. The number of carbonyl (C=O) groups excluding carboxylic acids is 1. The average molecular weight is 871 g/mol. The molecule has 0 aromatic carbocycles. The highest BCUT2D eigenvalue weighted by Gasteiger charge is 2.63. The van der Waals surface area contributed by atoms with Gasteiger partial charge >= 0.3 is 5.97 Å². The van der Waals surface area contributed by atoms with Gasteiger partial charge in [0.1, 0.15) is 11.6 Å². The van der Waals surface area contributed by atoms with E-state index >= 15 is 0 Å². The quantitative estimate of drug-likeness (QED) is 0.142. The van der Waals surface area contributed by atoms with Crippen LogP contribution in [0.1, 0.15) is 133 Å². The molecule has 19 atom stereocenters. The zero-order valence-corrected chi connectivity index (χ0v) is 38.6. The van der Waals surface area contributed by atoms with Crippen molar-refractivity contribution in [3.63, 3.8) is 0 Å². The molecule has 2 aromatic heterocycles. The first-order chi connectivity index (χ1) is 29.3. The number of pyridine rings is 1. The van der Waals surface area contributed by atoms with Gasteiger partial charge in [0.25, 0.3) is 0 Å². The summed E-state index contributed by atoms with van der Waals surface area (Å²) in [5.74, 6) is -4.84. The van der Waals surface area contributed by atoms with E-state index in [1.807, 2.05) is 54.5 Å². The molecule has 15 heteroatoms. The van der Waals surface area contributed by atoms with Crippen molar-refractivity contribution in [2.45, 2.75) is 205 Å². The molecular formula is C47H74N4O11. The highest BCUT2D eigenvalue weighted by Crippen LogP contribution is 2.54. The minimum atomic E-state index is -1.36. The summed E-state index contributed by atoms with van der Waals surface area (Å²) in [7, 11) is 0. The molecule has 0 saturated carbocycles. The number of fused-ring (bicyclic) bond motifs is 1. The lowest BCUT2D eigenvalue weighted by Crippen LogP contribution is -2.63. The summed E-state index contributed by atoms with van der Waals surface area (Å²) in [6, 6.07) is 3.48. The van der Waals surface area contributed by atoms with Crippen LogP contribution in [-0.4, -0.2) is 118 Å². The number of aliphatic hydroxyl groups is 4. The van der Waals surface area contributed by atoms with Crippen LogP contribution in [0.15, 0.2) is 30.5 Å². The monoisotopic (exact) mass is 871 g/mol. The Morgan fingerprint density at radius 1 is 0.968 bits per heavy atom. The van der Waals surface area contributed by atoms with Gasteiger partial charge in [-0.2, -0.15) is 0 Å². The topological polar surface area (TPSA) is 197 Å². The minimum absolute atomic E-state index is 0.0560. The summed E-state index contributed by atoms with van der Waals surface area (Å²) in [4.78, 5) is 24.5. The molecule has 5 aliphatic rings. The maximum atomic E-state index is 13.6. The van der Waals surface area contributed by atoms with Crippen LogP contribution in [0.25, 0.3) is 11.2 Å². The molecule has 7 rings (SSSR count). The fraction of sp³-hybridized carbons (Fsp3) is 0.830. The molecule has 7 heterocycles. The van der Waals surface area contributed by atoms with Crippen molar-refractivity contribution in [2.75, 3.05) is 0 Å². The summed E-state index contributed by atoms with van der Waals surface area (Å²) < 4.78 is 34.1. The van der Waals surface area contributed by atoms with Gasteiger partial charge in [-0.25, -0.2) is 9.78 Å². The van der Waals surface area contributed by atoms with E-state index in [0.29, 0.717) is 62.5 Å². The van der Waals surface area contributed by atoms with Crippen LogP contribution in [0.4, 0.5) is 0 Å². The molecular weight excluding hydrogens is 797 g/mol. The maximum absolute atomic E-state index is 13.6. The van der Waals surface area contributed by atoms with Crippen LogP contribution in [-0.2, 0) is 28.5 Å². The van der Waals surface area contributed by atoms with Crippen molar-refractivity contribution in [3.8, 4) is 0 Å². The molecule has 0 amide bonds. The van der Waals surface area contributed by atoms with E-state index in [9.17, 15) is 25.2 Å². The Kier molecular flexibility index (Phi) is 14.0. The fourth-order valence-electron chi connectivity index (χ4n) is 11.6. The first kappa shape index (κ1) is 47.4. The number of carbonyl (C=O) groups is 1. The SMILES string of the molecule is CC[C@@H]([C@H](O)[C@@H](C)[C@@H](O)[C@H](C)[C@@H]1O[C@@H]([C@@H](CC)C(=O)On2nnc3cccnc32)CC[C@@H]1C)[C@H]1O[C@]2(C=C[C@@H](O)[C@]3(CC[C@@](C)([C@H]4CC[C@](O)(CC)[C@H](C)O4)O3)O2)[C@H](C)C[C@@H]1C. The number of hydrogen-bond donors (Lipinski definition) is 4. The molecule has 348 valence electrons. The van der Waals surface area contributed by atoms with Gasteiger partial charge in [0, 0.05) is 36.3 Å². The molecule has 2 spiro atoms. The second-order valence-electron chi connectivity index (χ2n) is 20.0. The van der Waals surface area contributed by atoms with Gasteiger partial charge < -0.3 is 48.9 Å². The Morgan fingerprint density at radius 2 is 1.73 bits per heavy atom. The summed E-state index contributed by atoms with van der Waals surface area (Å²) in [5, 5.41) is 54.9. The van der Waals surface area contributed by atoms with E-state index in [0.717, 1.165) is 17.7 Å². The van der Waals surface area contributed by atoms with Crippen molar-refractivity contribution in [2.24, 2.45) is 41.4 Å². The third kappa shape index (κ3) is 8.64. The Hall–Kier alpha value is -2.60. The van der Waals surface area contributed by atoms with E-state index in [1.165, 1.54) is 0 Å². The van der Waals surface area contributed by atoms with Crippen LogP contribution in [0, 0.1) is 41.4 Å². The van der Waals surface area contributed by atoms with Crippen molar-refractivity contribution in [1.29, 1.82) is 0 Å². The number of hydrogen-bond acceptors (Lipinski definition) is 14. The zero-order chi connectivity index (χ0) is 44.9. The van der Waals surface area contributed by atoms with Gasteiger partial charge in [-0.15, -0.1) is 5.10 Å². The first-order valence-electron chi connectivity index (χ1n) is 23.6. The van der Waals surface area contributed by atoms with Crippen LogP contribution in [0.2, 0.25) is 0 Å². The summed E-state index contributed by atoms with van der Waals surface area (Å²) in [6.45, 7) is 20.1. The molecule has 4 saturated heterocycles. The van der Waals surface area contributed by atoms with Crippen molar-refractivity contribution in [3.05, 3.63) is 30.5 Å². The number of ether oxygens (including phenoxy) is 5. The second-order valence-corrected chi connectivity index (χ2v) is 20.0. The van der Waals surface area contributed by atoms with E-state index < -0.39 is 71.1 Å². The molecule has 0 unspecified atom stereocenters. The molecule has 15 nitrogen and oxygen atoms in total. The normalized spacial score (nSPS) is 41.8. The third-order valence-corrected chi connectivity index (χ3v) is 16.0. The fourth-order valence-corrected chi connectivity index (χ4v) is 11.6. The Labute approximate surface area is 367 Å². The van der Waals surface area contributed by atoms with E-state index in [2.05, 4.69) is 36.1 Å². The second kappa shape index (κ2) is 18.4. The van der Waals surface area contributed by atoms with Crippen molar-refractivity contribution < 1.29 is 53.7 Å². The average Bonchev–Trinajstić information content (AvgIpc) is 3.83. The number of aromatic nitrogens is 4. The first-order valence-corrected chi connectivity index (χ1v) is 23.6. The van der Waals surface area contributed by atoms with Gasteiger partial charge in [-0.1, -0.05) is 55.4 Å². The lowest BCUT2D eigenvalue weighted by atomic mass is 9.72. The van der Waals surface area contributed by atoms with Crippen LogP contribution < -0.4 is 4.84 Å². The predicted molar refractivity (Wildman–Crippen MR) is 229 cm³/mol. The summed E-state index contributed by atoms with van der Waals surface area (Å²) >= 11 is 0. The summed E-state index contributed by atoms with van der Waals surface area (Å²) in [5.41, 5.74) is -0.767. The molecule has 0 aliphatic carbocycles. The standard InChI is InChI=1S/C47H74N4O11/c1-11-32(43(55)60-51-42-34(49-50-51)15-14-24-48-42)35-17-16-26(4)40(58-35)30(8)38(53)29(7)39(54)33(12-2)41-27(5)25-28(6)46(59-41)21-18-36(52)47(62-46)23-22-44(10,61-47)37-19-20-45(56,13-3)31(9)57-37/h14-15,18,21,24,26-33,35-41,52-54,56H,11-13,16-17,19-20,22-23,25H2,1-10H3/t26-,27-,28+,29-,30-,31-,32+,33-,35+,36+,37+,38+,39+,40+,41-,44-,45+,46-,47-/m0/s1. The molecule has 0 radical (unpaired) electrons. The van der Waals surface area contributed by atoms with Gasteiger partial charge in [0.2, 0.25) is 11.4 Å². The lowest BCUT2D eigenvalue weighted by Gasteiger charge is -2.55. The van der Waals surface area contributed by atoms with Crippen molar-refractivity contribution >= 4 is 17.1 Å². The molecule has 5 aliphatic heterocycles. The zero-order valence-electron chi connectivity index (χ0n) is 38.6. The smallest absolute Gasteiger partial charge is 0.340 e. The summed E-state index contributed by atoms with van der Waals surface area (Å²) in [6.07, 6.45) is 6.52. The highest BCUT2D eigenvalue weighted by atomic mass is 16.8. The maximum Gasteiger partial charge on any atom is 0.340 e. The van der Waals surface area contributed by atoms with E-state index in [-0.39, 0.29) is 47.9 Å². The van der Waals surface area contributed by atoms with Crippen LogP contribution in [0.5, 0.6) is 0 Å². The molecule has 4 fully saturated rings. The predicted octanol–water partition coefficient (Wildman–Crippen LogP) is 5.69. The Bertz CT molecular complexity index is 1880. The highest BCUT2D eigenvalue weighted by molar-refractivity contribution is 5.75. The van der Waals surface area contributed by atoms with Crippen LogP contribution in [0.3, 0.4) is 0 Å². The van der Waals surface area contributed by atoms with Crippen LogP contribution >= 0.6 is 0 Å². The van der Waals surface area contributed by atoms with E-state index in [1.54, 1.807) is 24.4 Å². The molecule has 2 aromatic rings. The molecule has 0 bridgehead atoms. The Morgan fingerprint density at radius 3 is 2.42 bits per heavy atom. The van der Waals surface area contributed by atoms with Gasteiger partial charge in [0.05, 0.1) is 59.8 Å². The number of aliphatic hydroxyl groups excluding tert-OH is 3. The van der Waals surface area contributed by atoms with Crippen molar-refractivity contribution in [1.82, 2.24) is 20.1 Å². The minimum Gasteiger partial charge on any atom is -0.392 e. The molecule has 4 N–H and O–H groups in total. The van der Waals surface area contributed by atoms with Gasteiger partial charge in [-0.3, -0.25) is 0 Å². The lowest BCUT2D eigenvalue weighted by molar-refractivity contribution is -0.411. The third-order valence-electron chi connectivity index (χ3n) is 16.0. The number of rotatable bonds is 13.